The second-order valence-electron chi connectivity index (χ2n) is 5.25. The third kappa shape index (κ3) is 6.40. The Kier molecular flexibility index (Phi) is 7.63. The monoisotopic (exact) mass is 296 g/mol. The largest absolute Gasteiger partial charge is 0.352 e. The molecule has 0 aliphatic rings. The van der Waals surface area contributed by atoms with E-state index in [2.05, 4.69) is 17.6 Å². The van der Waals surface area contributed by atoms with Crippen LogP contribution in [0.1, 0.15) is 39.2 Å². The van der Waals surface area contributed by atoms with Crippen molar-refractivity contribution in [3.8, 4) is 0 Å². The van der Waals surface area contributed by atoms with Gasteiger partial charge in [-0.1, -0.05) is 37.1 Å². The second-order valence-corrected chi connectivity index (χ2v) is 5.69. The van der Waals surface area contributed by atoms with E-state index in [0.29, 0.717) is 0 Å². The Labute approximate surface area is 127 Å². The standard InChI is InChI=1S/C16H25ClN2O/c1-4-5-12(2)19-16(20)13(3)18-11-10-14-6-8-15(17)9-7-14/h6-9,12-13,18H,4-5,10-11H2,1-3H3,(H,19,20). The van der Waals surface area contributed by atoms with Gasteiger partial charge in [0.2, 0.25) is 5.91 Å². The highest BCUT2D eigenvalue weighted by Crippen LogP contribution is 2.09. The van der Waals surface area contributed by atoms with Gasteiger partial charge in [0.1, 0.15) is 0 Å². The lowest BCUT2D eigenvalue weighted by Gasteiger charge is -2.18. The van der Waals surface area contributed by atoms with Gasteiger partial charge in [-0.3, -0.25) is 4.79 Å². The molecule has 0 aliphatic carbocycles. The molecule has 0 radical (unpaired) electrons. The summed E-state index contributed by atoms with van der Waals surface area (Å²) < 4.78 is 0. The van der Waals surface area contributed by atoms with Crippen LogP contribution in [-0.4, -0.2) is 24.5 Å². The molecular weight excluding hydrogens is 272 g/mol. The normalized spacial score (nSPS) is 13.8. The molecule has 1 amide bonds. The van der Waals surface area contributed by atoms with Gasteiger partial charge < -0.3 is 10.6 Å². The Morgan fingerprint density at radius 3 is 2.50 bits per heavy atom. The summed E-state index contributed by atoms with van der Waals surface area (Å²) in [4.78, 5) is 11.9. The summed E-state index contributed by atoms with van der Waals surface area (Å²) in [5.41, 5.74) is 1.22. The first-order chi connectivity index (χ1) is 9.52. The second kappa shape index (κ2) is 8.98. The van der Waals surface area contributed by atoms with Crippen LogP contribution in [0.3, 0.4) is 0 Å². The lowest BCUT2D eigenvalue weighted by molar-refractivity contribution is -0.123. The van der Waals surface area contributed by atoms with Crippen LogP contribution in [0, 0.1) is 0 Å². The predicted molar refractivity (Wildman–Crippen MR) is 85.1 cm³/mol. The molecule has 2 N–H and O–H groups in total. The van der Waals surface area contributed by atoms with Crippen molar-refractivity contribution in [3.05, 3.63) is 34.9 Å². The maximum absolute atomic E-state index is 11.9. The van der Waals surface area contributed by atoms with E-state index in [1.54, 1.807) is 0 Å². The fraction of sp³-hybridized carbons (Fsp3) is 0.562. The molecule has 0 fully saturated rings. The third-order valence-corrected chi connectivity index (χ3v) is 3.53. The molecule has 0 aliphatic heterocycles. The van der Waals surface area contributed by atoms with Crippen molar-refractivity contribution in [2.45, 2.75) is 52.1 Å². The molecule has 1 rings (SSSR count). The summed E-state index contributed by atoms with van der Waals surface area (Å²) in [6.45, 7) is 6.84. The van der Waals surface area contributed by atoms with Gasteiger partial charge in [-0.15, -0.1) is 0 Å². The van der Waals surface area contributed by atoms with E-state index in [1.807, 2.05) is 38.1 Å². The zero-order valence-corrected chi connectivity index (χ0v) is 13.3. The molecule has 2 unspecified atom stereocenters. The Morgan fingerprint density at radius 1 is 1.25 bits per heavy atom. The summed E-state index contributed by atoms with van der Waals surface area (Å²) >= 11 is 5.84. The molecule has 1 aromatic carbocycles. The molecule has 3 nitrogen and oxygen atoms in total. The van der Waals surface area contributed by atoms with Crippen molar-refractivity contribution >= 4 is 17.5 Å². The Morgan fingerprint density at radius 2 is 1.90 bits per heavy atom. The zero-order chi connectivity index (χ0) is 15.0. The number of carbonyl (C=O) groups is 1. The summed E-state index contributed by atoms with van der Waals surface area (Å²) in [5.74, 6) is 0.0713. The first-order valence-electron chi connectivity index (χ1n) is 7.31. The van der Waals surface area contributed by atoms with Gasteiger partial charge in [0.25, 0.3) is 0 Å². The highest BCUT2D eigenvalue weighted by molar-refractivity contribution is 6.30. The number of hydrogen-bond acceptors (Lipinski definition) is 2. The first kappa shape index (κ1) is 17.0. The maximum atomic E-state index is 11.9. The fourth-order valence-corrected chi connectivity index (χ4v) is 2.18. The van der Waals surface area contributed by atoms with Crippen LogP contribution in [0.5, 0.6) is 0 Å². The minimum atomic E-state index is -0.165. The van der Waals surface area contributed by atoms with Crippen molar-refractivity contribution in [1.29, 1.82) is 0 Å². The van der Waals surface area contributed by atoms with E-state index < -0.39 is 0 Å². The van der Waals surface area contributed by atoms with Gasteiger partial charge in [0.05, 0.1) is 6.04 Å². The maximum Gasteiger partial charge on any atom is 0.237 e. The van der Waals surface area contributed by atoms with Crippen molar-refractivity contribution in [3.63, 3.8) is 0 Å². The number of benzene rings is 1. The minimum Gasteiger partial charge on any atom is -0.352 e. The average molecular weight is 297 g/mol. The predicted octanol–water partition coefficient (Wildman–Crippen LogP) is 3.17. The van der Waals surface area contributed by atoms with Crippen molar-refractivity contribution in [2.24, 2.45) is 0 Å². The van der Waals surface area contributed by atoms with E-state index in [9.17, 15) is 4.79 Å². The van der Waals surface area contributed by atoms with Crippen molar-refractivity contribution in [1.82, 2.24) is 10.6 Å². The molecule has 112 valence electrons. The highest BCUT2D eigenvalue weighted by atomic mass is 35.5. The van der Waals surface area contributed by atoms with Crippen LogP contribution in [-0.2, 0) is 11.2 Å². The third-order valence-electron chi connectivity index (χ3n) is 3.28. The minimum absolute atomic E-state index is 0.0713. The van der Waals surface area contributed by atoms with Crippen LogP contribution in [0.25, 0.3) is 0 Å². The van der Waals surface area contributed by atoms with Crippen LogP contribution in [0.4, 0.5) is 0 Å². The van der Waals surface area contributed by atoms with Crippen LogP contribution in [0.15, 0.2) is 24.3 Å². The average Bonchev–Trinajstić information content (AvgIpc) is 2.41. The summed E-state index contributed by atoms with van der Waals surface area (Å²) in [6, 6.07) is 7.88. The number of amides is 1. The van der Waals surface area contributed by atoms with Gasteiger partial charge >= 0.3 is 0 Å². The number of hydrogen-bond donors (Lipinski definition) is 2. The van der Waals surface area contributed by atoms with Crippen LogP contribution >= 0.6 is 11.6 Å². The molecule has 0 spiro atoms. The number of rotatable bonds is 8. The molecule has 0 aromatic heterocycles. The summed E-state index contributed by atoms with van der Waals surface area (Å²) in [5, 5.41) is 7.02. The van der Waals surface area contributed by atoms with E-state index in [-0.39, 0.29) is 18.0 Å². The highest BCUT2D eigenvalue weighted by Gasteiger charge is 2.13. The summed E-state index contributed by atoms with van der Waals surface area (Å²) in [7, 11) is 0. The van der Waals surface area contributed by atoms with Crippen LogP contribution < -0.4 is 10.6 Å². The Balaban J connectivity index is 2.26. The van der Waals surface area contributed by atoms with Gasteiger partial charge in [0.15, 0.2) is 0 Å². The lowest BCUT2D eigenvalue weighted by atomic mass is 10.1. The number of carbonyl (C=O) groups excluding carboxylic acids is 1. The van der Waals surface area contributed by atoms with Gasteiger partial charge in [0, 0.05) is 11.1 Å². The molecule has 0 heterocycles. The van der Waals surface area contributed by atoms with Crippen molar-refractivity contribution < 1.29 is 4.79 Å². The molecule has 0 bridgehead atoms. The number of nitrogens with one attached hydrogen (secondary N) is 2. The molecule has 0 saturated carbocycles. The molecule has 2 atom stereocenters. The zero-order valence-electron chi connectivity index (χ0n) is 12.6. The Bertz CT molecular complexity index is 405. The quantitative estimate of drug-likeness (QED) is 0.774. The topological polar surface area (TPSA) is 41.1 Å². The summed E-state index contributed by atoms with van der Waals surface area (Å²) in [6.07, 6.45) is 2.99. The molecule has 4 heteroatoms. The molecule has 0 saturated heterocycles. The van der Waals surface area contributed by atoms with E-state index in [0.717, 1.165) is 30.8 Å². The van der Waals surface area contributed by atoms with Gasteiger partial charge in [-0.2, -0.15) is 0 Å². The smallest absolute Gasteiger partial charge is 0.237 e. The molecule has 1 aromatic rings. The Hall–Kier alpha value is -1.06. The first-order valence-corrected chi connectivity index (χ1v) is 7.69. The van der Waals surface area contributed by atoms with E-state index in [4.69, 9.17) is 11.6 Å². The SMILES string of the molecule is CCCC(C)NC(=O)C(C)NCCc1ccc(Cl)cc1. The van der Waals surface area contributed by atoms with Crippen molar-refractivity contribution in [2.75, 3.05) is 6.54 Å². The fourth-order valence-electron chi connectivity index (χ4n) is 2.05. The lowest BCUT2D eigenvalue weighted by Crippen LogP contribution is -2.45. The van der Waals surface area contributed by atoms with E-state index in [1.165, 1.54) is 5.56 Å². The van der Waals surface area contributed by atoms with E-state index >= 15 is 0 Å². The molecular formula is C16H25ClN2O. The molecule has 20 heavy (non-hydrogen) atoms. The van der Waals surface area contributed by atoms with Crippen LogP contribution in [0.2, 0.25) is 5.02 Å². The number of halogens is 1. The van der Waals surface area contributed by atoms with Gasteiger partial charge in [-0.25, -0.2) is 0 Å². The van der Waals surface area contributed by atoms with Gasteiger partial charge in [-0.05, 0) is 50.9 Å².